The van der Waals surface area contributed by atoms with E-state index in [-0.39, 0.29) is 12.2 Å². The summed E-state index contributed by atoms with van der Waals surface area (Å²) in [5, 5.41) is 9.32. The molecular weight excluding hydrogens is 199 g/mol. The number of benzene rings is 1. The lowest BCUT2D eigenvalue weighted by atomic mass is 10.1. The van der Waals surface area contributed by atoms with Crippen LogP contribution in [0.15, 0.2) is 22.8 Å². The minimum absolute atomic E-state index is 0.113. The van der Waals surface area contributed by atoms with Crippen molar-refractivity contribution in [2.45, 2.75) is 13.3 Å². The van der Waals surface area contributed by atoms with Crippen molar-refractivity contribution in [3.8, 4) is 0 Å². The molecule has 2 rings (SSSR count). The molecule has 0 aliphatic heterocycles. The number of carbonyl (C=O) groups is 1. The van der Waals surface area contributed by atoms with Crippen LogP contribution in [-0.2, 0) is 11.2 Å². The van der Waals surface area contributed by atoms with Gasteiger partial charge < -0.3 is 9.52 Å². The van der Waals surface area contributed by atoms with E-state index in [1.165, 1.54) is 12.3 Å². The molecule has 2 aromatic rings. The van der Waals surface area contributed by atoms with Crippen LogP contribution in [0.5, 0.6) is 0 Å². The van der Waals surface area contributed by atoms with E-state index in [1.807, 2.05) is 0 Å². The zero-order valence-electron chi connectivity index (χ0n) is 8.08. The summed E-state index contributed by atoms with van der Waals surface area (Å²) in [6.07, 6.45) is 1.25. The number of halogens is 1. The van der Waals surface area contributed by atoms with Crippen LogP contribution in [0.1, 0.15) is 11.1 Å². The fourth-order valence-electron chi connectivity index (χ4n) is 1.51. The number of fused-ring (bicyclic) bond motifs is 1. The number of carboxylic acids is 1. The van der Waals surface area contributed by atoms with Crippen LogP contribution in [-0.4, -0.2) is 11.1 Å². The molecule has 0 bridgehead atoms. The topological polar surface area (TPSA) is 50.4 Å². The van der Waals surface area contributed by atoms with E-state index in [4.69, 9.17) is 9.52 Å². The fourth-order valence-corrected chi connectivity index (χ4v) is 1.51. The van der Waals surface area contributed by atoms with Gasteiger partial charge in [-0.3, -0.25) is 4.79 Å². The molecule has 0 aliphatic carbocycles. The molecule has 1 N–H and O–H groups in total. The average molecular weight is 208 g/mol. The Balaban J connectivity index is 2.59. The van der Waals surface area contributed by atoms with E-state index in [1.54, 1.807) is 13.0 Å². The molecule has 3 nitrogen and oxygen atoms in total. The number of aryl methyl sites for hydroxylation is 1. The van der Waals surface area contributed by atoms with Gasteiger partial charge in [0.2, 0.25) is 0 Å². The fraction of sp³-hybridized carbons (Fsp3) is 0.182. The van der Waals surface area contributed by atoms with Crippen molar-refractivity contribution in [1.29, 1.82) is 0 Å². The number of rotatable bonds is 2. The lowest BCUT2D eigenvalue weighted by Crippen LogP contribution is -1.98. The molecule has 4 heteroatoms. The van der Waals surface area contributed by atoms with E-state index >= 15 is 0 Å². The highest BCUT2D eigenvalue weighted by Crippen LogP contribution is 2.24. The first kappa shape index (κ1) is 9.71. The molecule has 15 heavy (non-hydrogen) atoms. The third kappa shape index (κ3) is 1.70. The second-order valence-corrected chi connectivity index (χ2v) is 3.43. The molecule has 78 valence electrons. The maximum atomic E-state index is 13.1. The Morgan fingerprint density at radius 3 is 2.93 bits per heavy atom. The molecule has 0 saturated carbocycles. The highest BCUT2D eigenvalue weighted by molar-refractivity contribution is 5.85. The van der Waals surface area contributed by atoms with Gasteiger partial charge in [-0.25, -0.2) is 4.39 Å². The SMILES string of the molecule is Cc1cc2c(CC(=O)O)coc2cc1F. The summed E-state index contributed by atoms with van der Waals surface area (Å²) in [5.74, 6) is -1.28. The standard InChI is InChI=1S/C11H9FO3/c1-6-2-8-7(3-11(13)14)5-15-10(8)4-9(6)12/h2,4-5H,3H2,1H3,(H,13,14). The van der Waals surface area contributed by atoms with Gasteiger partial charge in [-0.05, 0) is 18.6 Å². The molecule has 0 atom stereocenters. The van der Waals surface area contributed by atoms with E-state index in [2.05, 4.69) is 0 Å². The number of furan rings is 1. The van der Waals surface area contributed by atoms with Gasteiger partial charge in [-0.1, -0.05) is 0 Å². The van der Waals surface area contributed by atoms with E-state index in [0.29, 0.717) is 22.1 Å². The Morgan fingerprint density at radius 1 is 1.53 bits per heavy atom. The third-order valence-electron chi connectivity index (χ3n) is 2.28. The van der Waals surface area contributed by atoms with Crippen LogP contribution in [0.4, 0.5) is 4.39 Å². The summed E-state index contributed by atoms with van der Waals surface area (Å²) >= 11 is 0. The van der Waals surface area contributed by atoms with Crippen molar-refractivity contribution < 1.29 is 18.7 Å². The lowest BCUT2D eigenvalue weighted by molar-refractivity contribution is -0.136. The predicted octanol–water partition coefficient (Wildman–Crippen LogP) is 2.51. The van der Waals surface area contributed by atoms with Crippen molar-refractivity contribution >= 4 is 16.9 Å². The summed E-state index contributed by atoms with van der Waals surface area (Å²) in [7, 11) is 0. The second-order valence-electron chi connectivity index (χ2n) is 3.43. The summed E-state index contributed by atoms with van der Waals surface area (Å²) < 4.78 is 18.2. The van der Waals surface area contributed by atoms with Crippen LogP contribution in [0, 0.1) is 12.7 Å². The van der Waals surface area contributed by atoms with Crippen LogP contribution >= 0.6 is 0 Å². The number of hydrogen-bond donors (Lipinski definition) is 1. The van der Waals surface area contributed by atoms with Gasteiger partial charge in [0.25, 0.3) is 0 Å². The summed E-state index contributed by atoms with van der Waals surface area (Å²) in [6.45, 7) is 1.63. The van der Waals surface area contributed by atoms with Crippen molar-refractivity contribution in [1.82, 2.24) is 0 Å². The quantitative estimate of drug-likeness (QED) is 0.824. The van der Waals surface area contributed by atoms with Crippen LogP contribution in [0.25, 0.3) is 11.0 Å². The van der Waals surface area contributed by atoms with E-state index in [9.17, 15) is 9.18 Å². The van der Waals surface area contributed by atoms with Crippen molar-refractivity contribution in [2.24, 2.45) is 0 Å². The molecule has 0 unspecified atom stereocenters. The first-order valence-corrected chi connectivity index (χ1v) is 4.46. The van der Waals surface area contributed by atoms with Crippen molar-refractivity contribution in [2.75, 3.05) is 0 Å². The normalized spacial score (nSPS) is 10.8. The van der Waals surface area contributed by atoms with Gasteiger partial charge in [0.15, 0.2) is 0 Å². The molecule has 0 fully saturated rings. The molecule has 1 aromatic heterocycles. The molecule has 0 amide bonds. The van der Waals surface area contributed by atoms with Gasteiger partial charge in [0.1, 0.15) is 11.4 Å². The zero-order chi connectivity index (χ0) is 11.0. The molecule has 0 saturated heterocycles. The Hall–Kier alpha value is -1.84. The second kappa shape index (κ2) is 3.38. The Kier molecular flexibility index (Phi) is 2.19. The molecule has 1 aromatic carbocycles. The van der Waals surface area contributed by atoms with Crippen molar-refractivity contribution in [3.05, 3.63) is 35.3 Å². The zero-order valence-corrected chi connectivity index (χ0v) is 8.08. The third-order valence-corrected chi connectivity index (χ3v) is 2.28. The van der Waals surface area contributed by atoms with Crippen LogP contribution in [0.3, 0.4) is 0 Å². The molecule has 0 aliphatic rings. The molecule has 0 spiro atoms. The van der Waals surface area contributed by atoms with E-state index < -0.39 is 5.97 Å². The first-order valence-electron chi connectivity index (χ1n) is 4.46. The largest absolute Gasteiger partial charge is 0.481 e. The summed E-state index contributed by atoms with van der Waals surface area (Å²) in [6, 6.07) is 2.88. The maximum absolute atomic E-state index is 13.1. The molecule has 1 heterocycles. The van der Waals surface area contributed by atoms with Gasteiger partial charge >= 0.3 is 5.97 Å². The average Bonchev–Trinajstić information content (AvgIpc) is 2.49. The van der Waals surface area contributed by atoms with Crippen LogP contribution < -0.4 is 0 Å². The Bertz CT molecular complexity index is 528. The Morgan fingerprint density at radius 2 is 2.27 bits per heavy atom. The van der Waals surface area contributed by atoms with Gasteiger partial charge in [0, 0.05) is 17.0 Å². The predicted molar refractivity (Wildman–Crippen MR) is 52.2 cm³/mol. The smallest absolute Gasteiger partial charge is 0.307 e. The Labute approximate surface area is 85.1 Å². The highest BCUT2D eigenvalue weighted by atomic mass is 19.1. The summed E-state index contributed by atoms with van der Waals surface area (Å²) in [4.78, 5) is 10.5. The van der Waals surface area contributed by atoms with E-state index in [0.717, 1.165) is 0 Å². The minimum atomic E-state index is -0.931. The lowest BCUT2D eigenvalue weighted by Gasteiger charge is -1.97. The molecule has 0 radical (unpaired) electrons. The van der Waals surface area contributed by atoms with Gasteiger partial charge in [0.05, 0.1) is 12.7 Å². The monoisotopic (exact) mass is 208 g/mol. The minimum Gasteiger partial charge on any atom is -0.481 e. The van der Waals surface area contributed by atoms with Gasteiger partial charge in [-0.15, -0.1) is 0 Å². The number of aliphatic carboxylic acids is 1. The summed E-state index contributed by atoms with van der Waals surface area (Å²) in [5.41, 5.74) is 1.44. The highest BCUT2D eigenvalue weighted by Gasteiger charge is 2.11. The van der Waals surface area contributed by atoms with Crippen LogP contribution in [0.2, 0.25) is 0 Å². The number of hydrogen-bond acceptors (Lipinski definition) is 2. The number of carboxylic acid groups (broad SMARTS) is 1. The van der Waals surface area contributed by atoms with Gasteiger partial charge in [-0.2, -0.15) is 0 Å². The first-order chi connectivity index (χ1) is 7.08. The molecular formula is C11H9FO3. The van der Waals surface area contributed by atoms with Crippen molar-refractivity contribution in [3.63, 3.8) is 0 Å². The maximum Gasteiger partial charge on any atom is 0.307 e.